The lowest BCUT2D eigenvalue weighted by atomic mass is 9.73. The molecule has 1 aliphatic heterocycles. The van der Waals surface area contributed by atoms with Crippen molar-refractivity contribution in [1.82, 2.24) is 20.2 Å². The number of hydrogen-bond donors (Lipinski definition) is 2. The third kappa shape index (κ3) is 10.3. The molecule has 3 aromatic rings. The maximum atomic E-state index is 13.4. The van der Waals surface area contributed by atoms with E-state index in [-0.39, 0.29) is 29.4 Å². The molecule has 2 aromatic carbocycles. The number of hydrogen-bond acceptors (Lipinski definition) is 9. The molecule has 296 valence electrons. The molecule has 13 heteroatoms. The summed E-state index contributed by atoms with van der Waals surface area (Å²) < 4.78 is 36.0. The molecule has 0 spiro atoms. The van der Waals surface area contributed by atoms with Crippen LogP contribution in [0, 0.1) is 12.3 Å². The van der Waals surface area contributed by atoms with Crippen LogP contribution in [-0.4, -0.2) is 72.1 Å². The van der Waals surface area contributed by atoms with Crippen molar-refractivity contribution in [2.75, 3.05) is 35.6 Å². The summed E-state index contributed by atoms with van der Waals surface area (Å²) in [4.78, 5) is 20.8. The van der Waals surface area contributed by atoms with Crippen LogP contribution in [0.15, 0.2) is 52.6 Å². The average molecular weight is 763 g/mol. The predicted molar refractivity (Wildman–Crippen MR) is 221 cm³/mol. The van der Waals surface area contributed by atoms with Crippen molar-refractivity contribution < 1.29 is 17.9 Å². The van der Waals surface area contributed by atoms with Gasteiger partial charge in [0.15, 0.2) is 12.4 Å². The van der Waals surface area contributed by atoms with E-state index in [1.165, 1.54) is 0 Å². The van der Waals surface area contributed by atoms with Crippen molar-refractivity contribution in [3.8, 4) is 5.75 Å². The summed E-state index contributed by atoms with van der Waals surface area (Å²) in [7, 11) is -1.48. The van der Waals surface area contributed by atoms with Gasteiger partial charge in [-0.15, -0.1) is 10.2 Å². The molecule has 0 fully saturated rings. The van der Waals surface area contributed by atoms with Crippen LogP contribution in [0.3, 0.4) is 0 Å². The summed E-state index contributed by atoms with van der Waals surface area (Å²) >= 11 is 0. The van der Waals surface area contributed by atoms with E-state index in [0.29, 0.717) is 29.5 Å². The number of fused-ring (bicyclic) bond motifs is 1. The zero-order valence-corrected chi connectivity index (χ0v) is 35.2. The van der Waals surface area contributed by atoms with Gasteiger partial charge in [0.1, 0.15) is 11.5 Å². The monoisotopic (exact) mass is 762 g/mol. The molecular formula is C41H62N8O4S. The minimum Gasteiger partial charge on any atom is -0.482 e. The van der Waals surface area contributed by atoms with Crippen LogP contribution < -0.4 is 19.7 Å². The summed E-state index contributed by atoms with van der Waals surface area (Å²) in [5.41, 5.74) is 2.86. The minimum absolute atomic E-state index is 0.0296. The second-order valence-electron chi connectivity index (χ2n) is 16.5. The Hall–Kier alpha value is -4.26. The van der Waals surface area contributed by atoms with Crippen molar-refractivity contribution in [3.63, 3.8) is 0 Å². The highest BCUT2D eigenvalue weighted by atomic mass is 32.2. The van der Waals surface area contributed by atoms with Gasteiger partial charge in [-0.3, -0.25) is 9.52 Å². The normalized spacial score (nSPS) is 14.2. The lowest BCUT2D eigenvalue weighted by molar-refractivity contribution is -0.125. The average Bonchev–Trinajstić information content (AvgIpc) is 3.67. The molecule has 1 amide bonds. The number of ether oxygens (including phenoxy) is 1. The first-order valence-corrected chi connectivity index (χ1v) is 21.0. The van der Waals surface area contributed by atoms with E-state index in [9.17, 15) is 13.2 Å². The van der Waals surface area contributed by atoms with E-state index in [4.69, 9.17) is 14.8 Å². The van der Waals surface area contributed by atoms with Gasteiger partial charge in [0.25, 0.3) is 5.91 Å². The smallest absolute Gasteiger partial charge is 0.258 e. The van der Waals surface area contributed by atoms with Gasteiger partial charge < -0.3 is 15.0 Å². The Bertz CT molecular complexity index is 1940. The van der Waals surface area contributed by atoms with Crippen molar-refractivity contribution in [1.29, 1.82) is 0 Å². The quantitative estimate of drug-likeness (QED) is 0.117. The molecule has 0 saturated carbocycles. The number of anilines is 2. The van der Waals surface area contributed by atoms with Crippen LogP contribution in [0.1, 0.15) is 124 Å². The SMILES string of the molecule is CCCCCCCCS(=O)(=O)Nc1ccccc1OCC(=O)NC(C)(C)C(C)(C)c1nnc2n1N=C(C(C)(C)C)C2=Nc1ccc(N(C)CCC)cc1C. The maximum Gasteiger partial charge on any atom is 0.258 e. The van der Waals surface area contributed by atoms with Crippen LogP contribution >= 0.6 is 0 Å². The number of rotatable bonds is 19. The molecule has 0 aliphatic carbocycles. The molecule has 0 saturated heterocycles. The van der Waals surface area contributed by atoms with E-state index in [1.807, 2.05) is 33.8 Å². The number of aromatic nitrogens is 3. The highest BCUT2D eigenvalue weighted by molar-refractivity contribution is 7.92. The zero-order chi connectivity index (χ0) is 39.9. The lowest BCUT2D eigenvalue weighted by Gasteiger charge is -2.40. The van der Waals surface area contributed by atoms with E-state index >= 15 is 0 Å². The van der Waals surface area contributed by atoms with E-state index in [1.54, 1.807) is 28.9 Å². The highest BCUT2D eigenvalue weighted by Gasteiger charge is 2.46. The standard InChI is InChI=1S/C41H62N8O4S/c1-12-14-15-16-17-20-26-54(51,52)47-32-21-18-19-22-33(32)53-28-34(50)43-41(9,10)40(7,8)38-45-44-37-35(36(39(4,5)6)46-49(37)38)42-31-24-23-30(27-29(31)3)48(11)25-13-2/h18-19,21-24,27,47H,12-17,20,25-26,28H2,1-11H3,(H,43,50). The lowest BCUT2D eigenvalue weighted by Crippen LogP contribution is -2.57. The van der Waals surface area contributed by atoms with Crippen LogP contribution in [0.5, 0.6) is 5.75 Å². The zero-order valence-electron chi connectivity index (χ0n) is 34.3. The number of para-hydroxylation sites is 2. The molecule has 2 heterocycles. The molecule has 4 rings (SSSR count). The summed E-state index contributed by atoms with van der Waals surface area (Å²) in [6.45, 7) is 21.2. The van der Waals surface area contributed by atoms with Gasteiger partial charge in [0.05, 0.1) is 22.8 Å². The van der Waals surface area contributed by atoms with Crippen molar-refractivity contribution in [2.24, 2.45) is 15.5 Å². The number of benzene rings is 2. The minimum atomic E-state index is -3.58. The van der Waals surface area contributed by atoms with Gasteiger partial charge >= 0.3 is 0 Å². The predicted octanol–water partition coefficient (Wildman–Crippen LogP) is 8.17. The van der Waals surface area contributed by atoms with Crippen molar-refractivity contribution in [2.45, 2.75) is 125 Å². The third-order valence-electron chi connectivity index (χ3n) is 10.3. The first kappa shape index (κ1) is 42.5. The van der Waals surface area contributed by atoms with Crippen molar-refractivity contribution in [3.05, 3.63) is 59.7 Å². The molecule has 0 atom stereocenters. The number of nitrogens with one attached hydrogen (secondary N) is 2. The van der Waals surface area contributed by atoms with E-state index in [0.717, 1.165) is 67.7 Å². The molecule has 1 aromatic heterocycles. The van der Waals surface area contributed by atoms with Crippen LogP contribution in [0.25, 0.3) is 0 Å². The largest absolute Gasteiger partial charge is 0.482 e. The van der Waals surface area contributed by atoms with Crippen LogP contribution in [0.4, 0.5) is 17.1 Å². The molecule has 54 heavy (non-hydrogen) atoms. The van der Waals surface area contributed by atoms with Crippen molar-refractivity contribution >= 4 is 44.4 Å². The number of aryl methyl sites for hydroxylation is 1. The second-order valence-corrected chi connectivity index (χ2v) is 18.3. The van der Waals surface area contributed by atoms with Gasteiger partial charge in [-0.1, -0.05) is 92.7 Å². The van der Waals surface area contributed by atoms with Gasteiger partial charge in [0, 0.05) is 35.6 Å². The Labute approximate surface area is 323 Å². The fourth-order valence-corrected chi connectivity index (χ4v) is 7.48. The molecular weight excluding hydrogens is 701 g/mol. The molecule has 12 nitrogen and oxygen atoms in total. The Morgan fingerprint density at radius 2 is 1.61 bits per heavy atom. The number of aliphatic imine (C=N–C) groups is 1. The second kappa shape index (κ2) is 17.5. The molecule has 0 bridgehead atoms. The fraction of sp³-hybridized carbons (Fsp3) is 0.585. The first-order chi connectivity index (χ1) is 25.3. The Morgan fingerprint density at radius 1 is 0.926 bits per heavy atom. The summed E-state index contributed by atoms with van der Waals surface area (Å²) in [5, 5.41) is 17.4. The fourth-order valence-electron chi connectivity index (χ4n) is 6.29. The molecule has 1 aliphatic rings. The number of carbonyl (C=O) groups excluding carboxylic acids is 1. The van der Waals surface area contributed by atoms with Crippen LogP contribution in [-0.2, 0) is 20.2 Å². The summed E-state index contributed by atoms with van der Waals surface area (Å²) in [6, 6.07) is 13.0. The third-order valence-corrected chi connectivity index (χ3v) is 11.6. The highest BCUT2D eigenvalue weighted by Crippen LogP contribution is 2.37. The van der Waals surface area contributed by atoms with E-state index < -0.39 is 21.0 Å². The van der Waals surface area contributed by atoms with Gasteiger partial charge in [-0.05, 0) is 69.5 Å². The van der Waals surface area contributed by atoms with Gasteiger partial charge in [-0.25, -0.2) is 13.4 Å². The molecule has 2 N–H and O–H groups in total. The molecule has 0 unspecified atom stereocenters. The Balaban J connectivity index is 1.50. The number of unbranched alkanes of at least 4 members (excludes halogenated alkanes) is 5. The topological polar surface area (TPSA) is 143 Å². The van der Waals surface area contributed by atoms with E-state index in [2.05, 4.69) is 85.9 Å². The first-order valence-electron chi connectivity index (χ1n) is 19.3. The maximum absolute atomic E-state index is 13.4. The number of sulfonamides is 1. The van der Waals surface area contributed by atoms with Gasteiger partial charge in [-0.2, -0.15) is 9.78 Å². The molecule has 0 radical (unpaired) electrons. The summed E-state index contributed by atoms with van der Waals surface area (Å²) in [5.74, 6) is 1.07. The summed E-state index contributed by atoms with van der Waals surface area (Å²) in [6.07, 6.45) is 6.97. The Morgan fingerprint density at radius 3 is 2.28 bits per heavy atom. The van der Waals surface area contributed by atoms with Crippen LogP contribution in [0.2, 0.25) is 0 Å². The number of carbonyl (C=O) groups is 1. The number of amides is 1. The number of nitrogens with zero attached hydrogens (tertiary/aromatic N) is 6. The van der Waals surface area contributed by atoms with Gasteiger partial charge in [0.2, 0.25) is 15.8 Å². The Kier molecular flexibility index (Phi) is 13.7.